The predicted octanol–water partition coefficient (Wildman–Crippen LogP) is 1.21. The van der Waals surface area contributed by atoms with Crippen molar-refractivity contribution < 1.29 is 19.2 Å². The third-order valence-electron chi connectivity index (χ3n) is 5.09. The van der Waals surface area contributed by atoms with E-state index in [0.717, 1.165) is 37.3 Å². The first-order valence-corrected chi connectivity index (χ1v) is 8.88. The van der Waals surface area contributed by atoms with Crippen LogP contribution in [0.3, 0.4) is 0 Å². The van der Waals surface area contributed by atoms with Crippen LogP contribution >= 0.6 is 0 Å². The fourth-order valence-corrected chi connectivity index (χ4v) is 3.21. The molecule has 134 valence electrons. The lowest BCUT2D eigenvalue weighted by Gasteiger charge is -2.23. The number of rotatable bonds is 8. The molecule has 0 radical (unpaired) electrons. The van der Waals surface area contributed by atoms with Crippen LogP contribution in [0.4, 0.5) is 0 Å². The Labute approximate surface area is 145 Å². The van der Waals surface area contributed by atoms with Gasteiger partial charge in [0.15, 0.2) is 17.5 Å². The van der Waals surface area contributed by atoms with Crippen LogP contribution in [-0.2, 0) is 11.2 Å². The van der Waals surface area contributed by atoms with Crippen molar-refractivity contribution in [3.8, 4) is 11.5 Å². The van der Waals surface area contributed by atoms with Crippen molar-refractivity contribution in [2.24, 2.45) is 0 Å². The highest BCUT2D eigenvalue weighted by Gasteiger charge is 2.25. The number of ether oxygens (including phenoxy) is 2. The predicted molar refractivity (Wildman–Crippen MR) is 94.9 cm³/mol. The monoisotopic (exact) mass is 335 g/mol. The van der Waals surface area contributed by atoms with E-state index < -0.39 is 0 Å². The Hall–Kier alpha value is -1.75. The van der Waals surface area contributed by atoms with Gasteiger partial charge in [-0.05, 0) is 37.5 Å². The zero-order valence-corrected chi connectivity index (χ0v) is 15.4. The smallest absolute Gasteiger partial charge is 0.278 e. The highest BCUT2D eigenvalue weighted by molar-refractivity contribution is 5.80. The van der Waals surface area contributed by atoms with Crippen LogP contribution in [0.25, 0.3) is 0 Å². The van der Waals surface area contributed by atoms with Crippen molar-refractivity contribution in [2.75, 3.05) is 27.8 Å². The van der Waals surface area contributed by atoms with Crippen LogP contribution in [0.2, 0.25) is 0 Å². The SMILES string of the molecule is COc1ccc(CC[NH+](C)[C@H](C)C(=O)NC2CCCC2)cc1OC. The molecular formula is C19H31N2O3+. The fourth-order valence-electron chi connectivity index (χ4n) is 3.21. The third-order valence-corrected chi connectivity index (χ3v) is 5.09. The molecule has 1 saturated carbocycles. The first kappa shape index (κ1) is 18.6. The summed E-state index contributed by atoms with van der Waals surface area (Å²) in [6.45, 7) is 2.91. The van der Waals surface area contributed by atoms with Crippen molar-refractivity contribution >= 4 is 5.91 Å². The van der Waals surface area contributed by atoms with Gasteiger partial charge in [-0.2, -0.15) is 0 Å². The van der Waals surface area contributed by atoms with E-state index in [0.29, 0.717) is 6.04 Å². The van der Waals surface area contributed by atoms with Crippen LogP contribution in [0.5, 0.6) is 11.5 Å². The van der Waals surface area contributed by atoms with Crippen molar-refractivity contribution in [2.45, 2.75) is 51.1 Å². The molecule has 2 rings (SSSR count). The van der Waals surface area contributed by atoms with Gasteiger partial charge in [-0.1, -0.05) is 18.9 Å². The maximum absolute atomic E-state index is 12.4. The molecule has 0 spiro atoms. The normalized spacial score (nSPS) is 17.3. The number of amides is 1. The van der Waals surface area contributed by atoms with Crippen molar-refractivity contribution in [3.05, 3.63) is 23.8 Å². The molecule has 5 nitrogen and oxygen atoms in total. The molecule has 24 heavy (non-hydrogen) atoms. The number of hydrogen-bond acceptors (Lipinski definition) is 3. The Balaban J connectivity index is 1.85. The lowest BCUT2D eigenvalue weighted by atomic mass is 10.1. The lowest BCUT2D eigenvalue weighted by molar-refractivity contribution is -0.894. The summed E-state index contributed by atoms with van der Waals surface area (Å²) in [4.78, 5) is 13.6. The second-order valence-electron chi connectivity index (χ2n) is 6.75. The number of likely N-dealkylation sites (N-methyl/N-ethyl adjacent to an activating group) is 1. The molecule has 5 heteroatoms. The molecular weight excluding hydrogens is 304 g/mol. The van der Waals surface area contributed by atoms with Gasteiger partial charge < -0.3 is 19.7 Å². The number of methoxy groups -OCH3 is 2. The minimum Gasteiger partial charge on any atom is -0.493 e. The maximum Gasteiger partial charge on any atom is 0.278 e. The number of carbonyl (C=O) groups excluding carboxylic acids is 1. The zero-order chi connectivity index (χ0) is 17.5. The van der Waals surface area contributed by atoms with Gasteiger partial charge in [-0.15, -0.1) is 0 Å². The molecule has 2 atom stereocenters. The molecule has 1 fully saturated rings. The van der Waals surface area contributed by atoms with Crippen LogP contribution in [0.1, 0.15) is 38.2 Å². The van der Waals surface area contributed by atoms with Gasteiger partial charge in [-0.25, -0.2) is 0 Å². The molecule has 0 bridgehead atoms. The van der Waals surface area contributed by atoms with E-state index in [-0.39, 0.29) is 11.9 Å². The topological polar surface area (TPSA) is 52.0 Å². The van der Waals surface area contributed by atoms with Gasteiger partial charge in [0.05, 0.1) is 27.8 Å². The first-order chi connectivity index (χ1) is 11.5. The summed E-state index contributed by atoms with van der Waals surface area (Å²) < 4.78 is 10.6. The quantitative estimate of drug-likeness (QED) is 0.751. The van der Waals surface area contributed by atoms with Gasteiger partial charge in [0.1, 0.15) is 0 Å². The standard InChI is InChI=1S/C19H30N2O3/c1-14(19(22)20-16-7-5-6-8-16)21(2)12-11-15-9-10-17(23-3)18(13-15)24-4/h9-10,13-14,16H,5-8,11-12H2,1-4H3,(H,20,22)/p+1/t14-/m1/s1. The molecule has 0 aromatic heterocycles. The Morgan fingerprint density at radius 2 is 1.92 bits per heavy atom. The van der Waals surface area contributed by atoms with E-state index in [1.165, 1.54) is 23.3 Å². The van der Waals surface area contributed by atoms with E-state index in [2.05, 4.69) is 18.4 Å². The average molecular weight is 335 g/mol. The molecule has 1 amide bonds. The second kappa shape index (κ2) is 8.92. The van der Waals surface area contributed by atoms with Gasteiger partial charge >= 0.3 is 0 Å². The number of hydrogen-bond donors (Lipinski definition) is 2. The van der Waals surface area contributed by atoms with Gasteiger partial charge in [0, 0.05) is 12.5 Å². The number of nitrogens with one attached hydrogen (secondary N) is 2. The summed E-state index contributed by atoms with van der Waals surface area (Å²) in [6.07, 6.45) is 5.63. The third kappa shape index (κ3) is 4.87. The van der Waals surface area contributed by atoms with Gasteiger partial charge in [0.25, 0.3) is 5.91 Å². The molecule has 1 aromatic rings. The largest absolute Gasteiger partial charge is 0.493 e. The first-order valence-electron chi connectivity index (χ1n) is 8.88. The highest BCUT2D eigenvalue weighted by atomic mass is 16.5. The second-order valence-corrected chi connectivity index (χ2v) is 6.75. The number of quaternary nitrogens is 1. The number of carbonyl (C=O) groups is 1. The average Bonchev–Trinajstić information content (AvgIpc) is 3.11. The molecule has 1 aromatic carbocycles. The molecule has 2 N–H and O–H groups in total. The summed E-state index contributed by atoms with van der Waals surface area (Å²) >= 11 is 0. The van der Waals surface area contributed by atoms with E-state index in [4.69, 9.17) is 9.47 Å². The minimum absolute atomic E-state index is 0.0363. The number of benzene rings is 1. The zero-order valence-electron chi connectivity index (χ0n) is 15.4. The summed E-state index contributed by atoms with van der Waals surface area (Å²) in [5.74, 6) is 1.66. The molecule has 0 aliphatic heterocycles. The van der Waals surface area contributed by atoms with Gasteiger partial charge in [0.2, 0.25) is 0 Å². The Morgan fingerprint density at radius 1 is 1.25 bits per heavy atom. The summed E-state index contributed by atoms with van der Waals surface area (Å²) in [6, 6.07) is 6.34. The summed E-state index contributed by atoms with van der Waals surface area (Å²) in [5.41, 5.74) is 1.19. The van der Waals surface area contributed by atoms with Crippen molar-refractivity contribution in [3.63, 3.8) is 0 Å². The minimum atomic E-state index is -0.0363. The van der Waals surface area contributed by atoms with E-state index in [1.54, 1.807) is 14.2 Å². The lowest BCUT2D eigenvalue weighted by Crippen LogP contribution is -3.14. The Kier molecular flexibility index (Phi) is 6.91. The van der Waals surface area contributed by atoms with E-state index >= 15 is 0 Å². The van der Waals surface area contributed by atoms with Crippen LogP contribution in [-0.4, -0.2) is 45.8 Å². The van der Waals surface area contributed by atoms with Crippen molar-refractivity contribution in [1.82, 2.24) is 5.32 Å². The van der Waals surface area contributed by atoms with E-state index in [9.17, 15) is 4.79 Å². The molecule has 1 aliphatic carbocycles. The van der Waals surface area contributed by atoms with E-state index in [1.807, 2.05) is 19.1 Å². The highest BCUT2D eigenvalue weighted by Crippen LogP contribution is 2.27. The molecule has 1 unspecified atom stereocenters. The van der Waals surface area contributed by atoms with Crippen molar-refractivity contribution in [1.29, 1.82) is 0 Å². The summed E-state index contributed by atoms with van der Waals surface area (Å²) in [5, 5.41) is 3.19. The summed E-state index contributed by atoms with van der Waals surface area (Å²) in [7, 11) is 5.37. The Morgan fingerprint density at radius 3 is 2.54 bits per heavy atom. The van der Waals surface area contributed by atoms with Gasteiger partial charge in [-0.3, -0.25) is 4.79 Å². The van der Waals surface area contributed by atoms with Crippen LogP contribution in [0, 0.1) is 0 Å². The molecule has 1 aliphatic rings. The fraction of sp³-hybridized carbons (Fsp3) is 0.632. The molecule has 0 saturated heterocycles. The van der Waals surface area contributed by atoms with Crippen LogP contribution < -0.4 is 19.7 Å². The van der Waals surface area contributed by atoms with Crippen LogP contribution in [0.15, 0.2) is 18.2 Å². The molecule has 0 heterocycles. The maximum atomic E-state index is 12.4. The Bertz CT molecular complexity index is 541.